The van der Waals surface area contributed by atoms with Crippen LogP contribution < -0.4 is 4.74 Å². The van der Waals surface area contributed by atoms with Gasteiger partial charge in [-0.15, -0.1) is 0 Å². The summed E-state index contributed by atoms with van der Waals surface area (Å²) in [4.78, 5) is 13.6. The third kappa shape index (κ3) is 3.75. The van der Waals surface area contributed by atoms with E-state index in [1.165, 1.54) is 0 Å². The van der Waals surface area contributed by atoms with Crippen molar-refractivity contribution in [3.63, 3.8) is 0 Å². The van der Waals surface area contributed by atoms with Crippen LogP contribution in [0.4, 0.5) is 0 Å². The van der Waals surface area contributed by atoms with E-state index in [0.717, 1.165) is 0 Å². The molecule has 0 unspecified atom stereocenters. The molecule has 1 aliphatic rings. The number of rotatable bonds is 3. The monoisotopic (exact) mass is 303 g/mol. The number of carbonyl (C=O) groups excluding carboxylic acids is 1. The molecule has 0 atom stereocenters. The van der Waals surface area contributed by atoms with E-state index in [-0.39, 0.29) is 18.6 Å². The van der Waals surface area contributed by atoms with Crippen LogP contribution in [0.3, 0.4) is 0 Å². The summed E-state index contributed by atoms with van der Waals surface area (Å²) in [7, 11) is 0. The lowest BCUT2D eigenvalue weighted by Gasteiger charge is -2.29. The molecule has 1 aromatic carbocycles. The molecule has 19 heavy (non-hydrogen) atoms. The molecule has 1 saturated heterocycles. The highest BCUT2D eigenvalue weighted by molar-refractivity contribution is 6.42. The maximum absolute atomic E-state index is 11.9. The average Bonchev–Trinajstić information content (AvgIpc) is 2.41. The quantitative estimate of drug-likeness (QED) is 0.932. The molecule has 1 heterocycles. The van der Waals surface area contributed by atoms with E-state index in [2.05, 4.69) is 0 Å². The van der Waals surface area contributed by atoms with E-state index in [0.29, 0.717) is 41.7 Å². The van der Waals surface area contributed by atoms with Crippen LogP contribution in [0.25, 0.3) is 0 Å². The highest BCUT2D eigenvalue weighted by Crippen LogP contribution is 2.31. The van der Waals surface area contributed by atoms with Gasteiger partial charge >= 0.3 is 0 Å². The molecule has 2 rings (SSSR count). The Morgan fingerprint density at radius 1 is 1.37 bits per heavy atom. The molecule has 0 aliphatic carbocycles. The lowest BCUT2D eigenvalue weighted by molar-refractivity contribution is -0.135. The van der Waals surface area contributed by atoms with Crippen LogP contribution in [-0.2, 0) is 4.79 Å². The number of ether oxygens (including phenoxy) is 1. The van der Waals surface area contributed by atoms with Gasteiger partial charge < -0.3 is 14.7 Å². The lowest BCUT2D eigenvalue weighted by atomic mass is 10.1. The van der Waals surface area contributed by atoms with Gasteiger partial charge in [-0.3, -0.25) is 4.79 Å². The van der Waals surface area contributed by atoms with Crippen molar-refractivity contribution in [3.05, 3.63) is 28.2 Å². The summed E-state index contributed by atoms with van der Waals surface area (Å²) < 4.78 is 5.39. The van der Waals surface area contributed by atoms with Crippen molar-refractivity contribution < 1.29 is 14.6 Å². The lowest BCUT2D eigenvalue weighted by Crippen LogP contribution is -2.42. The third-order valence-corrected chi connectivity index (χ3v) is 3.89. The van der Waals surface area contributed by atoms with Crippen molar-refractivity contribution >= 4 is 29.1 Å². The van der Waals surface area contributed by atoms with Crippen LogP contribution in [0.1, 0.15) is 12.8 Å². The summed E-state index contributed by atoms with van der Waals surface area (Å²) in [5, 5.41) is 10.1. The van der Waals surface area contributed by atoms with Crippen molar-refractivity contribution in [2.45, 2.75) is 18.9 Å². The number of aliphatic hydroxyl groups excluding tert-OH is 1. The first-order valence-corrected chi connectivity index (χ1v) is 6.86. The Hall–Kier alpha value is -0.970. The van der Waals surface area contributed by atoms with Gasteiger partial charge in [0, 0.05) is 13.1 Å². The molecule has 0 saturated carbocycles. The molecule has 0 radical (unpaired) electrons. The van der Waals surface area contributed by atoms with Gasteiger partial charge in [-0.2, -0.15) is 0 Å². The van der Waals surface area contributed by atoms with E-state index in [9.17, 15) is 9.90 Å². The number of nitrogens with zero attached hydrogens (tertiary/aromatic N) is 1. The Bertz CT molecular complexity index is 459. The number of amides is 1. The molecule has 1 aliphatic heterocycles. The molecule has 1 aromatic rings. The molecule has 0 bridgehead atoms. The topological polar surface area (TPSA) is 49.8 Å². The second-order valence-electron chi connectivity index (χ2n) is 4.45. The summed E-state index contributed by atoms with van der Waals surface area (Å²) in [6.07, 6.45) is 0.931. The molecular weight excluding hydrogens is 289 g/mol. The number of likely N-dealkylation sites (tertiary alicyclic amines) is 1. The van der Waals surface area contributed by atoms with Crippen LogP contribution in [0.5, 0.6) is 5.75 Å². The molecule has 0 spiro atoms. The predicted octanol–water partition coefficient (Wildman–Crippen LogP) is 2.36. The van der Waals surface area contributed by atoms with Crippen LogP contribution >= 0.6 is 23.2 Å². The van der Waals surface area contributed by atoms with Crippen LogP contribution in [-0.4, -0.2) is 41.7 Å². The minimum Gasteiger partial charge on any atom is -0.482 e. The smallest absolute Gasteiger partial charge is 0.260 e. The first-order valence-electron chi connectivity index (χ1n) is 6.10. The number of halogens is 2. The largest absolute Gasteiger partial charge is 0.482 e. The van der Waals surface area contributed by atoms with Gasteiger partial charge in [-0.25, -0.2) is 0 Å². The van der Waals surface area contributed by atoms with Gasteiger partial charge in [-0.05, 0) is 25.0 Å². The highest BCUT2D eigenvalue weighted by atomic mass is 35.5. The minimum absolute atomic E-state index is 0.0733. The molecule has 1 N–H and O–H groups in total. The van der Waals surface area contributed by atoms with Gasteiger partial charge in [-0.1, -0.05) is 29.3 Å². The molecule has 6 heteroatoms. The van der Waals surface area contributed by atoms with E-state index in [4.69, 9.17) is 27.9 Å². The van der Waals surface area contributed by atoms with Crippen molar-refractivity contribution in [1.82, 2.24) is 4.90 Å². The zero-order chi connectivity index (χ0) is 13.8. The Morgan fingerprint density at radius 3 is 2.74 bits per heavy atom. The van der Waals surface area contributed by atoms with Crippen LogP contribution in [0, 0.1) is 0 Å². The third-order valence-electron chi connectivity index (χ3n) is 3.08. The van der Waals surface area contributed by atoms with Crippen molar-refractivity contribution in [2.75, 3.05) is 19.7 Å². The second-order valence-corrected chi connectivity index (χ2v) is 5.24. The number of carbonyl (C=O) groups is 1. The molecule has 0 aromatic heterocycles. The standard InChI is InChI=1S/C13H15Cl2NO3/c14-10-2-1-3-11(13(10)15)19-8-12(18)16-6-4-9(17)5-7-16/h1-3,9,17H,4-8H2. The second kappa shape index (κ2) is 6.46. The number of benzene rings is 1. The minimum atomic E-state index is -0.299. The summed E-state index contributed by atoms with van der Waals surface area (Å²) >= 11 is 11.8. The number of hydrogen-bond acceptors (Lipinski definition) is 3. The number of hydrogen-bond donors (Lipinski definition) is 1. The fourth-order valence-corrected chi connectivity index (χ4v) is 2.29. The molecule has 104 valence electrons. The Labute approximate surface area is 121 Å². The summed E-state index contributed by atoms with van der Waals surface area (Å²) in [5.41, 5.74) is 0. The first-order chi connectivity index (χ1) is 9.08. The van der Waals surface area contributed by atoms with Gasteiger partial charge in [0.05, 0.1) is 11.1 Å². The number of aliphatic hydroxyl groups is 1. The van der Waals surface area contributed by atoms with Crippen molar-refractivity contribution in [3.8, 4) is 5.75 Å². The van der Waals surface area contributed by atoms with E-state index < -0.39 is 0 Å². The molecular formula is C13H15Cl2NO3. The van der Waals surface area contributed by atoms with Gasteiger partial charge in [0.2, 0.25) is 0 Å². The molecule has 4 nitrogen and oxygen atoms in total. The Morgan fingerprint density at radius 2 is 2.05 bits per heavy atom. The SMILES string of the molecule is O=C(COc1cccc(Cl)c1Cl)N1CCC(O)CC1. The van der Waals surface area contributed by atoms with E-state index >= 15 is 0 Å². The molecule has 1 amide bonds. The summed E-state index contributed by atoms with van der Waals surface area (Å²) in [6.45, 7) is 1.05. The van der Waals surface area contributed by atoms with E-state index in [1.54, 1.807) is 23.1 Å². The summed E-state index contributed by atoms with van der Waals surface area (Å²) in [6, 6.07) is 5.04. The molecule has 1 fully saturated rings. The summed E-state index contributed by atoms with van der Waals surface area (Å²) in [5.74, 6) is 0.294. The zero-order valence-corrected chi connectivity index (χ0v) is 11.8. The van der Waals surface area contributed by atoms with Gasteiger partial charge in [0.1, 0.15) is 10.8 Å². The fourth-order valence-electron chi connectivity index (χ4n) is 1.94. The first kappa shape index (κ1) is 14.4. The predicted molar refractivity (Wildman–Crippen MR) is 73.8 cm³/mol. The fraction of sp³-hybridized carbons (Fsp3) is 0.462. The van der Waals surface area contributed by atoms with Crippen LogP contribution in [0.15, 0.2) is 18.2 Å². The average molecular weight is 304 g/mol. The highest BCUT2D eigenvalue weighted by Gasteiger charge is 2.21. The van der Waals surface area contributed by atoms with Crippen LogP contribution in [0.2, 0.25) is 10.0 Å². The Balaban J connectivity index is 1.88. The van der Waals surface area contributed by atoms with Crippen molar-refractivity contribution in [2.24, 2.45) is 0 Å². The normalized spacial score (nSPS) is 16.5. The van der Waals surface area contributed by atoms with E-state index in [1.807, 2.05) is 0 Å². The Kier molecular flexibility index (Phi) is 4.91. The maximum Gasteiger partial charge on any atom is 0.260 e. The number of piperidine rings is 1. The maximum atomic E-state index is 11.9. The zero-order valence-electron chi connectivity index (χ0n) is 10.3. The van der Waals surface area contributed by atoms with Gasteiger partial charge in [0.25, 0.3) is 5.91 Å². The van der Waals surface area contributed by atoms with Crippen molar-refractivity contribution in [1.29, 1.82) is 0 Å². The van der Waals surface area contributed by atoms with Gasteiger partial charge in [0.15, 0.2) is 6.61 Å².